The van der Waals surface area contributed by atoms with Crippen molar-refractivity contribution in [1.29, 1.82) is 0 Å². The van der Waals surface area contributed by atoms with E-state index in [1.54, 1.807) is 25.1 Å². The molecule has 1 heterocycles. The van der Waals surface area contributed by atoms with E-state index in [9.17, 15) is 13.2 Å². The first-order valence-corrected chi connectivity index (χ1v) is 10.2. The monoisotopic (exact) mass is 436 g/mol. The van der Waals surface area contributed by atoms with Gasteiger partial charge in [-0.2, -0.15) is 0 Å². The van der Waals surface area contributed by atoms with Crippen molar-refractivity contribution >= 4 is 44.9 Å². The van der Waals surface area contributed by atoms with E-state index in [0.717, 1.165) is 3.97 Å². The number of carbonyl (C=O) groups is 1. The standard InChI is InChI=1S/C19H14Cl2N2O4S/c1-13(22-27-19(24)14-2-4-16(20)5-3-14)15-10-11-23(12-15)28(25,26)18-8-6-17(21)7-9-18/h2-12H,1H3. The third-order valence-electron chi connectivity index (χ3n) is 3.82. The Labute approximate surface area is 172 Å². The van der Waals surface area contributed by atoms with E-state index in [2.05, 4.69) is 5.16 Å². The van der Waals surface area contributed by atoms with Gasteiger partial charge >= 0.3 is 5.97 Å². The van der Waals surface area contributed by atoms with Crippen LogP contribution in [0.5, 0.6) is 0 Å². The van der Waals surface area contributed by atoms with Gasteiger partial charge in [0.2, 0.25) is 0 Å². The van der Waals surface area contributed by atoms with Crippen LogP contribution in [0.2, 0.25) is 10.0 Å². The van der Waals surface area contributed by atoms with E-state index >= 15 is 0 Å². The van der Waals surface area contributed by atoms with Gasteiger partial charge in [0.05, 0.1) is 16.2 Å². The predicted molar refractivity (Wildman–Crippen MR) is 108 cm³/mol. The number of rotatable bonds is 5. The second-order valence-corrected chi connectivity index (χ2v) is 8.47. The number of aromatic nitrogens is 1. The van der Waals surface area contributed by atoms with Crippen LogP contribution in [0.25, 0.3) is 0 Å². The van der Waals surface area contributed by atoms with E-state index in [-0.39, 0.29) is 4.90 Å². The van der Waals surface area contributed by atoms with Crippen molar-refractivity contribution in [3.8, 4) is 0 Å². The molecule has 0 N–H and O–H groups in total. The van der Waals surface area contributed by atoms with Gasteiger partial charge < -0.3 is 4.84 Å². The number of hydrogen-bond acceptors (Lipinski definition) is 5. The molecule has 1 aromatic heterocycles. The second-order valence-electron chi connectivity index (χ2n) is 5.75. The number of benzene rings is 2. The quantitative estimate of drug-likeness (QED) is 0.332. The van der Waals surface area contributed by atoms with Crippen LogP contribution in [0.4, 0.5) is 0 Å². The summed E-state index contributed by atoms with van der Waals surface area (Å²) in [4.78, 5) is 17.0. The Kier molecular flexibility index (Phi) is 5.88. The average molecular weight is 437 g/mol. The van der Waals surface area contributed by atoms with Crippen molar-refractivity contribution in [2.24, 2.45) is 5.16 Å². The molecule has 0 aliphatic rings. The van der Waals surface area contributed by atoms with Crippen molar-refractivity contribution < 1.29 is 18.0 Å². The number of halogens is 2. The van der Waals surface area contributed by atoms with Crippen molar-refractivity contribution in [2.45, 2.75) is 11.8 Å². The highest BCUT2D eigenvalue weighted by Crippen LogP contribution is 2.18. The Morgan fingerprint density at radius 1 is 0.929 bits per heavy atom. The SMILES string of the molecule is CC(=NOC(=O)c1ccc(Cl)cc1)c1ccn(S(=O)(=O)c2ccc(Cl)cc2)c1. The number of carbonyl (C=O) groups excluding carboxylic acids is 1. The van der Waals surface area contributed by atoms with Crippen LogP contribution < -0.4 is 0 Å². The van der Waals surface area contributed by atoms with E-state index in [1.807, 2.05) is 0 Å². The Bertz CT molecular complexity index is 1140. The van der Waals surface area contributed by atoms with Crippen molar-refractivity contribution in [3.63, 3.8) is 0 Å². The van der Waals surface area contributed by atoms with Gasteiger partial charge in [0.1, 0.15) is 0 Å². The maximum atomic E-state index is 12.6. The lowest BCUT2D eigenvalue weighted by atomic mass is 10.2. The zero-order valence-corrected chi connectivity index (χ0v) is 16.9. The third-order valence-corrected chi connectivity index (χ3v) is 5.97. The topological polar surface area (TPSA) is 77.7 Å². The van der Waals surface area contributed by atoms with Crippen molar-refractivity contribution in [3.05, 3.63) is 88.2 Å². The van der Waals surface area contributed by atoms with Crippen LogP contribution >= 0.6 is 23.2 Å². The largest absolute Gasteiger partial charge is 0.365 e. The lowest BCUT2D eigenvalue weighted by Gasteiger charge is -2.05. The molecule has 6 nitrogen and oxygen atoms in total. The summed E-state index contributed by atoms with van der Waals surface area (Å²) in [6.45, 7) is 1.60. The summed E-state index contributed by atoms with van der Waals surface area (Å²) in [5, 5.41) is 4.72. The summed E-state index contributed by atoms with van der Waals surface area (Å²) in [6.07, 6.45) is 2.78. The lowest BCUT2D eigenvalue weighted by molar-refractivity contribution is 0.0516. The Hall–Kier alpha value is -2.61. The van der Waals surface area contributed by atoms with Crippen LogP contribution in [-0.4, -0.2) is 24.1 Å². The molecule has 0 saturated heterocycles. The van der Waals surface area contributed by atoms with E-state index < -0.39 is 16.0 Å². The molecule has 0 aliphatic carbocycles. The average Bonchev–Trinajstić information content (AvgIpc) is 3.18. The number of nitrogens with zero attached hydrogens (tertiary/aromatic N) is 2. The van der Waals surface area contributed by atoms with Gasteiger partial charge in [-0.3, -0.25) is 0 Å². The number of hydrogen-bond donors (Lipinski definition) is 0. The molecule has 0 fully saturated rings. The number of oxime groups is 1. The summed E-state index contributed by atoms with van der Waals surface area (Å²) in [5.41, 5.74) is 1.12. The molecular formula is C19H14Cl2N2O4S. The van der Waals surface area contributed by atoms with Gasteiger partial charge in [-0.1, -0.05) is 28.4 Å². The minimum atomic E-state index is -3.76. The first-order chi connectivity index (χ1) is 13.3. The molecule has 0 spiro atoms. The second kappa shape index (κ2) is 8.18. The van der Waals surface area contributed by atoms with Crippen LogP contribution in [0.3, 0.4) is 0 Å². The molecular weight excluding hydrogens is 423 g/mol. The summed E-state index contributed by atoms with van der Waals surface area (Å²) in [7, 11) is -3.76. The fourth-order valence-electron chi connectivity index (χ4n) is 2.27. The lowest BCUT2D eigenvalue weighted by Crippen LogP contribution is -2.11. The molecule has 2 aromatic carbocycles. The molecule has 0 radical (unpaired) electrons. The van der Waals surface area contributed by atoms with Gasteiger partial charge in [0.15, 0.2) is 0 Å². The molecule has 0 unspecified atom stereocenters. The minimum absolute atomic E-state index is 0.0998. The molecule has 0 atom stereocenters. The first kappa shape index (κ1) is 20.1. The molecule has 3 aromatic rings. The Balaban J connectivity index is 1.77. The Morgan fingerprint density at radius 3 is 2.11 bits per heavy atom. The van der Waals surface area contributed by atoms with E-state index in [1.165, 1.54) is 48.8 Å². The van der Waals surface area contributed by atoms with Crippen molar-refractivity contribution in [2.75, 3.05) is 0 Å². The predicted octanol–water partition coefficient (Wildman–Crippen LogP) is 4.61. The maximum Gasteiger partial charge on any atom is 0.365 e. The van der Waals surface area contributed by atoms with Crippen LogP contribution in [0.1, 0.15) is 22.8 Å². The zero-order valence-electron chi connectivity index (χ0n) is 14.5. The summed E-state index contributed by atoms with van der Waals surface area (Å²) in [5.74, 6) is -0.649. The molecule has 0 bridgehead atoms. The molecule has 0 saturated carbocycles. The third kappa shape index (κ3) is 4.44. The van der Waals surface area contributed by atoms with Gasteiger partial charge in [-0.15, -0.1) is 0 Å². The summed E-state index contributed by atoms with van der Waals surface area (Å²) in [6, 6.07) is 13.6. The van der Waals surface area contributed by atoms with Gasteiger partial charge in [0.25, 0.3) is 10.0 Å². The van der Waals surface area contributed by atoms with Gasteiger partial charge in [-0.25, -0.2) is 17.2 Å². The zero-order chi connectivity index (χ0) is 20.3. The fourth-order valence-corrected chi connectivity index (χ4v) is 3.72. The highest BCUT2D eigenvalue weighted by atomic mass is 35.5. The minimum Gasteiger partial charge on any atom is -0.313 e. The molecule has 144 valence electrons. The van der Waals surface area contributed by atoms with E-state index in [4.69, 9.17) is 28.0 Å². The van der Waals surface area contributed by atoms with Gasteiger partial charge in [-0.05, 0) is 61.5 Å². The smallest absolute Gasteiger partial charge is 0.313 e. The van der Waals surface area contributed by atoms with E-state index in [0.29, 0.717) is 26.9 Å². The fraction of sp³-hybridized carbons (Fsp3) is 0.0526. The van der Waals surface area contributed by atoms with Gasteiger partial charge in [0, 0.05) is 28.0 Å². The molecule has 0 aliphatic heterocycles. The summed E-state index contributed by atoms with van der Waals surface area (Å²) < 4.78 is 26.3. The highest BCUT2D eigenvalue weighted by molar-refractivity contribution is 7.90. The van der Waals surface area contributed by atoms with Crippen LogP contribution in [0.15, 0.2) is 77.0 Å². The highest BCUT2D eigenvalue weighted by Gasteiger charge is 2.17. The first-order valence-electron chi connectivity index (χ1n) is 7.98. The molecule has 28 heavy (non-hydrogen) atoms. The van der Waals surface area contributed by atoms with Crippen molar-refractivity contribution in [1.82, 2.24) is 3.97 Å². The summed E-state index contributed by atoms with van der Waals surface area (Å²) >= 11 is 11.6. The maximum absolute atomic E-state index is 12.6. The Morgan fingerprint density at radius 2 is 1.50 bits per heavy atom. The van der Waals surface area contributed by atoms with Crippen LogP contribution in [-0.2, 0) is 14.9 Å². The molecule has 0 amide bonds. The normalized spacial score (nSPS) is 12.0. The van der Waals surface area contributed by atoms with Crippen LogP contribution in [0, 0.1) is 0 Å². The molecule has 9 heteroatoms. The molecule has 3 rings (SSSR count).